The standard InChI is InChI=1S/C14H18FNO3/c1-9(14(17)18-2)19-13-6-3-11(15)7-10(13)8-16-12-4-5-12/h3,6-7,9,12,16H,4-5,8H2,1-2H3. The molecule has 0 aliphatic heterocycles. The number of hydrogen-bond donors (Lipinski definition) is 1. The minimum atomic E-state index is -0.713. The van der Waals surface area contributed by atoms with Crippen LogP contribution in [0.5, 0.6) is 5.75 Å². The smallest absolute Gasteiger partial charge is 0.346 e. The number of halogens is 1. The van der Waals surface area contributed by atoms with Crippen LogP contribution in [0.3, 0.4) is 0 Å². The van der Waals surface area contributed by atoms with Crippen molar-refractivity contribution in [3.63, 3.8) is 0 Å². The molecule has 1 aliphatic carbocycles. The van der Waals surface area contributed by atoms with Gasteiger partial charge < -0.3 is 14.8 Å². The van der Waals surface area contributed by atoms with Crippen LogP contribution in [0.1, 0.15) is 25.3 Å². The maximum absolute atomic E-state index is 13.3. The predicted octanol–water partition coefficient (Wildman–Crippen LogP) is 2.02. The highest BCUT2D eigenvalue weighted by molar-refractivity contribution is 5.74. The van der Waals surface area contributed by atoms with Gasteiger partial charge in [0.25, 0.3) is 0 Å². The van der Waals surface area contributed by atoms with Gasteiger partial charge in [0.2, 0.25) is 0 Å². The lowest BCUT2D eigenvalue weighted by molar-refractivity contribution is -0.147. The van der Waals surface area contributed by atoms with E-state index in [-0.39, 0.29) is 5.82 Å². The Morgan fingerprint density at radius 2 is 2.26 bits per heavy atom. The number of methoxy groups -OCH3 is 1. The first kappa shape index (κ1) is 13.8. The van der Waals surface area contributed by atoms with Crippen molar-refractivity contribution in [2.75, 3.05) is 7.11 Å². The Balaban J connectivity index is 2.06. The first-order chi connectivity index (χ1) is 9.10. The van der Waals surface area contributed by atoms with Crippen LogP contribution in [0.2, 0.25) is 0 Å². The third-order valence-corrected chi connectivity index (χ3v) is 3.02. The van der Waals surface area contributed by atoms with Gasteiger partial charge in [-0.1, -0.05) is 0 Å². The van der Waals surface area contributed by atoms with Crippen LogP contribution in [0.25, 0.3) is 0 Å². The molecule has 1 fully saturated rings. The molecule has 1 atom stereocenters. The zero-order valence-corrected chi connectivity index (χ0v) is 11.1. The molecule has 0 aromatic heterocycles. The van der Waals surface area contributed by atoms with Crippen LogP contribution in [-0.4, -0.2) is 25.2 Å². The van der Waals surface area contributed by atoms with Crippen LogP contribution < -0.4 is 10.1 Å². The van der Waals surface area contributed by atoms with Gasteiger partial charge >= 0.3 is 5.97 Å². The number of ether oxygens (including phenoxy) is 2. The number of carbonyl (C=O) groups is 1. The van der Waals surface area contributed by atoms with Crippen LogP contribution in [0, 0.1) is 5.82 Å². The highest BCUT2D eigenvalue weighted by atomic mass is 19.1. The van der Waals surface area contributed by atoms with Crippen molar-refractivity contribution in [2.45, 2.75) is 38.5 Å². The molecule has 0 amide bonds. The molecule has 0 saturated heterocycles. The summed E-state index contributed by atoms with van der Waals surface area (Å²) in [6, 6.07) is 4.81. The summed E-state index contributed by atoms with van der Waals surface area (Å²) in [6.07, 6.45) is 1.60. The summed E-state index contributed by atoms with van der Waals surface area (Å²) in [6.45, 7) is 2.14. The maximum atomic E-state index is 13.3. The van der Waals surface area contributed by atoms with Gasteiger partial charge in [-0.15, -0.1) is 0 Å². The lowest BCUT2D eigenvalue weighted by Crippen LogP contribution is -2.26. The second kappa shape index (κ2) is 6.02. The summed E-state index contributed by atoms with van der Waals surface area (Å²) in [4.78, 5) is 11.3. The van der Waals surface area contributed by atoms with Crippen LogP contribution in [0.4, 0.5) is 4.39 Å². The van der Waals surface area contributed by atoms with E-state index in [4.69, 9.17) is 4.74 Å². The number of nitrogens with one attached hydrogen (secondary N) is 1. The molecule has 0 radical (unpaired) electrons. The van der Waals surface area contributed by atoms with Crippen LogP contribution in [0.15, 0.2) is 18.2 Å². The SMILES string of the molecule is COC(=O)C(C)Oc1ccc(F)cc1CNC1CC1. The van der Waals surface area contributed by atoms with E-state index >= 15 is 0 Å². The van der Waals surface area contributed by atoms with Gasteiger partial charge in [-0.05, 0) is 38.0 Å². The Morgan fingerprint density at radius 3 is 2.89 bits per heavy atom. The second-order valence-corrected chi connectivity index (χ2v) is 4.69. The van der Waals surface area contributed by atoms with Gasteiger partial charge in [0.05, 0.1) is 7.11 Å². The zero-order valence-electron chi connectivity index (χ0n) is 11.1. The monoisotopic (exact) mass is 267 g/mol. The fraction of sp³-hybridized carbons (Fsp3) is 0.500. The van der Waals surface area contributed by atoms with Gasteiger partial charge in [-0.25, -0.2) is 9.18 Å². The molecule has 19 heavy (non-hydrogen) atoms. The molecule has 104 valence electrons. The fourth-order valence-electron chi connectivity index (χ4n) is 1.75. The third kappa shape index (κ3) is 3.92. The number of esters is 1. The van der Waals surface area contributed by atoms with Crippen molar-refractivity contribution in [2.24, 2.45) is 0 Å². The molecule has 1 saturated carbocycles. The molecule has 4 nitrogen and oxygen atoms in total. The van der Waals surface area contributed by atoms with E-state index in [2.05, 4.69) is 10.1 Å². The van der Waals surface area contributed by atoms with E-state index in [0.717, 1.165) is 12.8 Å². The summed E-state index contributed by atoms with van der Waals surface area (Å²) in [5, 5.41) is 3.29. The first-order valence-corrected chi connectivity index (χ1v) is 6.36. The molecule has 1 unspecified atom stereocenters. The number of benzene rings is 1. The summed E-state index contributed by atoms with van der Waals surface area (Å²) in [5.74, 6) is -0.261. The summed E-state index contributed by atoms with van der Waals surface area (Å²) in [7, 11) is 1.31. The van der Waals surface area contributed by atoms with Crippen molar-refractivity contribution in [1.29, 1.82) is 0 Å². The van der Waals surface area contributed by atoms with Gasteiger partial charge in [0.15, 0.2) is 6.10 Å². The summed E-state index contributed by atoms with van der Waals surface area (Å²) >= 11 is 0. The van der Waals surface area contributed by atoms with E-state index in [1.54, 1.807) is 13.0 Å². The van der Waals surface area contributed by atoms with E-state index in [9.17, 15) is 9.18 Å². The predicted molar refractivity (Wildman–Crippen MR) is 68.4 cm³/mol. The minimum Gasteiger partial charge on any atom is -0.479 e. The highest BCUT2D eigenvalue weighted by Gasteiger charge is 2.22. The number of rotatable bonds is 6. The van der Waals surface area contributed by atoms with Gasteiger partial charge in [0.1, 0.15) is 11.6 Å². The average molecular weight is 267 g/mol. The first-order valence-electron chi connectivity index (χ1n) is 6.36. The molecular formula is C14H18FNO3. The maximum Gasteiger partial charge on any atom is 0.346 e. The lowest BCUT2D eigenvalue weighted by atomic mass is 10.2. The van der Waals surface area contributed by atoms with Crippen molar-refractivity contribution in [1.82, 2.24) is 5.32 Å². The summed E-state index contributed by atoms with van der Waals surface area (Å²) < 4.78 is 23.4. The van der Waals surface area contributed by atoms with Gasteiger partial charge in [0, 0.05) is 18.2 Å². The van der Waals surface area contributed by atoms with Crippen molar-refractivity contribution < 1.29 is 18.7 Å². The lowest BCUT2D eigenvalue weighted by Gasteiger charge is -2.16. The van der Waals surface area contributed by atoms with Crippen molar-refractivity contribution >= 4 is 5.97 Å². The molecule has 2 rings (SSSR count). The molecule has 0 bridgehead atoms. The molecule has 1 aliphatic rings. The van der Waals surface area contributed by atoms with Crippen molar-refractivity contribution in [3.8, 4) is 5.75 Å². The number of hydrogen-bond acceptors (Lipinski definition) is 4. The third-order valence-electron chi connectivity index (χ3n) is 3.02. The van der Waals surface area contributed by atoms with E-state index in [1.807, 2.05) is 0 Å². The quantitative estimate of drug-likeness (QED) is 0.801. The van der Waals surface area contributed by atoms with E-state index in [0.29, 0.717) is 23.9 Å². The van der Waals surface area contributed by atoms with Crippen molar-refractivity contribution in [3.05, 3.63) is 29.6 Å². The topological polar surface area (TPSA) is 47.6 Å². The molecule has 0 heterocycles. The normalized spacial score (nSPS) is 15.9. The Bertz CT molecular complexity index is 460. The molecule has 1 aromatic carbocycles. The Kier molecular flexibility index (Phi) is 4.37. The summed E-state index contributed by atoms with van der Waals surface area (Å²) in [5.41, 5.74) is 0.711. The second-order valence-electron chi connectivity index (χ2n) is 4.69. The molecule has 1 N–H and O–H groups in total. The molecule has 1 aromatic rings. The number of carbonyl (C=O) groups excluding carboxylic acids is 1. The average Bonchev–Trinajstić information content (AvgIpc) is 3.22. The molecule has 0 spiro atoms. The van der Waals surface area contributed by atoms with Gasteiger partial charge in [-0.3, -0.25) is 0 Å². The molecule has 5 heteroatoms. The van der Waals surface area contributed by atoms with Crippen LogP contribution in [-0.2, 0) is 16.1 Å². The molecular weight excluding hydrogens is 249 g/mol. The highest BCUT2D eigenvalue weighted by Crippen LogP contribution is 2.24. The minimum absolute atomic E-state index is 0.314. The largest absolute Gasteiger partial charge is 0.479 e. The fourth-order valence-corrected chi connectivity index (χ4v) is 1.75. The Morgan fingerprint density at radius 1 is 1.53 bits per heavy atom. The van der Waals surface area contributed by atoms with E-state index in [1.165, 1.54) is 19.2 Å². The van der Waals surface area contributed by atoms with Crippen LogP contribution >= 0.6 is 0 Å². The Hall–Kier alpha value is -1.62. The van der Waals surface area contributed by atoms with Gasteiger partial charge in [-0.2, -0.15) is 0 Å². The van der Waals surface area contributed by atoms with E-state index < -0.39 is 12.1 Å². The Labute approximate surface area is 111 Å². The zero-order chi connectivity index (χ0) is 13.8.